The van der Waals surface area contributed by atoms with Crippen LogP contribution in [0.4, 0.5) is 4.79 Å². The van der Waals surface area contributed by atoms with E-state index in [1.807, 2.05) is 24.4 Å². The fraction of sp³-hybridized carbons (Fsp3) is 0.600. The number of carboxylic acid groups (broad SMARTS) is 1. The van der Waals surface area contributed by atoms with E-state index in [0.29, 0.717) is 13.0 Å². The summed E-state index contributed by atoms with van der Waals surface area (Å²) in [6.45, 7) is 2.57. The SMILES string of the molecule is CCCCC(NC(=O)N(Cc1cccs1)C1CC1)C(=O)O. The van der Waals surface area contributed by atoms with Crippen LogP contribution in [0.15, 0.2) is 17.5 Å². The molecular formula is C15H22N2O3S. The van der Waals surface area contributed by atoms with Gasteiger partial charge in [-0.2, -0.15) is 0 Å². The number of thiophene rings is 1. The van der Waals surface area contributed by atoms with Crippen LogP contribution in [0.2, 0.25) is 0 Å². The van der Waals surface area contributed by atoms with Gasteiger partial charge in [0.05, 0.1) is 6.54 Å². The topological polar surface area (TPSA) is 69.6 Å². The molecule has 1 atom stereocenters. The Hall–Kier alpha value is -1.56. The van der Waals surface area contributed by atoms with E-state index in [4.69, 9.17) is 0 Å². The van der Waals surface area contributed by atoms with Crippen LogP contribution in [0, 0.1) is 0 Å². The largest absolute Gasteiger partial charge is 0.480 e. The van der Waals surface area contributed by atoms with Crippen LogP contribution in [0.25, 0.3) is 0 Å². The molecule has 1 fully saturated rings. The van der Waals surface area contributed by atoms with Gasteiger partial charge in [0.2, 0.25) is 0 Å². The number of urea groups is 1. The molecule has 1 saturated carbocycles. The smallest absolute Gasteiger partial charge is 0.326 e. The number of carbonyl (C=O) groups is 2. The van der Waals surface area contributed by atoms with Gasteiger partial charge in [-0.25, -0.2) is 9.59 Å². The van der Waals surface area contributed by atoms with Gasteiger partial charge in [0.1, 0.15) is 6.04 Å². The first-order valence-corrected chi connectivity index (χ1v) is 8.32. The number of carboxylic acids is 1. The highest BCUT2D eigenvalue weighted by atomic mass is 32.1. The lowest BCUT2D eigenvalue weighted by atomic mass is 10.1. The summed E-state index contributed by atoms with van der Waals surface area (Å²) >= 11 is 1.61. The fourth-order valence-corrected chi connectivity index (χ4v) is 2.92. The van der Waals surface area contributed by atoms with Crippen molar-refractivity contribution in [3.8, 4) is 0 Å². The minimum atomic E-state index is -0.955. The fourth-order valence-electron chi connectivity index (χ4n) is 2.22. The molecule has 1 aliphatic carbocycles. The summed E-state index contributed by atoms with van der Waals surface area (Å²) in [6, 6.07) is 3.17. The first-order chi connectivity index (χ1) is 10.1. The minimum Gasteiger partial charge on any atom is -0.480 e. The Morgan fingerprint density at radius 2 is 2.29 bits per heavy atom. The van der Waals surface area contributed by atoms with Gasteiger partial charge in [-0.3, -0.25) is 0 Å². The van der Waals surface area contributed by atoms with Crippen LogP contribution >= 0.6 is 11.3 Å². The van der Waals surface area contributed by atoms with Crippen molar-refractivity contribution >= 4 is 23.3 Å². The molecule has 0 radical (unpaired) electrons. The molecule has 0 aliphatic heterocycles. The summed E-state index contributed by atoms with van der Waals surface area (Å²) in [7, 11) is 0. The molecule has 5 nitrogen and oxygen atoms in total. The average Bonchev–Trinajstić information content (AvgIpc) is 3.16. The third-order valence-corrected chi connectivity index (χ3v) is 4.46. The highest BCUT2D eigenvalue weighted by Gasteiger charge is 2.34. The molecule has 1 aliphatic rings. The van der Waals surface area contributed by atoms with Crippen LogP contribution in [0.5, 0.6) is 0 Å². The Morgan fingerprint density at radius 1 is 1.52 bits per heavy atom. The van der Waals surface area contributed by atoms with Crippen LogP contribution in [-0.2, 0) is 11.3 Å². The number of hydrogen-bond donors (Lipinski definition) is 2. The monoisotopic (exact) mass is 310 g/mol. The van der Waals surface area contributed by atoms with Crippen molar-refractivity contribution in [2.24, 2.45) is 0 Å². The van der Waals surface area contributed by atoms with E-state index in [1.54, 1.807) is 16.2 Å². The molecular weight excluding hydrogens is 288 g/mol. The van der Waals surface area contributed by atoms with Gasteiger partial charge >= 0.3 is 12.0 Å². The van der Waals surface area contributed by atoms with Crippen LogP contribution in [-0.4, -0.2) is 34.1 Å². The predicted octanol–water partition coefficient (Wildman–Crippen LogP) is 3.07. The Labute approximate surface area is 129 Å². The van der Waals surface area contributed by atoms with Crippen molar-refractivity contribution in [1.29, 1.82) is 0 Å². The van der Waals surface area contributed by atoms with E-state index in [9.17, 15) is 14.7 Å². The van der Waals surface area contributed by atoms with E-state index < -0.39 is 12.0 Å². The zero-order chi connectivity index (χ0) is 15.2. The van der Waals surface area contributed by atoms with Gasteiger partial charge in [0.25, 0.3) is 0 Å². The van der Waals surface area contributed by atoms with E-state index in [-0.39, 0.29) is 12.1 Å². The first kappa shape index (κ1) is 15.8. The van der Waals surface area contributed by atoms with Gasteiger partial charge in [-0.15, -0.1) is 11.3 Å². The van der Waals surface area contributed by atoms with Crippen LogP contribution < -0.4 is 5.32 Å². The van der Waals surface area contributed by atoms with Crippen molar-refractivity contribution in [3.05, 3.63) is 22.4 Å². The molecule has 6 heteroatoms. The van der Waals surface area contributed by atoms with Gasteiger partial charge < -0.3 is 15.3 Å². The van der Waals surface area contributed by atoms with Crippen molar-refractivity contribution in [2.45, 2.75) is 57.7 Å². The maximum absolute atomic E-state index is 12.4. The Bertz CT molecular complexity index is 471. The molecule has 1 heterocycles. The van der Waals surface area contributed by atoms with Crippen LogP contribution in [0.3, 0.4) is 0 Å². The predicted molar refractivity (Wildman–Crippen MR) is 82.4 cm³/mol. The number of nitrogens with zero attached hydrogens (tertiary/aromatic N) is 1. The number of amides is 2. The summed E-state index contributed by atoms with van der Waals surface area (Å²) in [6.07, 6.45) is 4.21. The number of unbranched alkanes of at least 4 members (excludes halogenated alkanes) is 1. The molecule has 0 aromatic carbocycles. The molecule has 0 saturated heterocycles. The number of hydrogen-bond acceptors (Lipinski definition) is 3. The molecule has 21 heavy (non-hydrogen) atoms. The molecule has 0 bridgehead atoms. The highest BCUT2D eigenvalue weighted by Crippen LogP contribution is 2.29. The van der Waals surface area contributed by atoms with Gasteiger partial charge in [0, 0.05) is 10.9 Å². The third-order valence-electron chi connectivity index (χ3n) is 3.60. The second-order valence-corrected chi connectivity index (χ2v) is 6.45. The summed E-state index contributed by atoms with van der Waals surface area (Å²) < 4.78 is 0. The van der Waals surface area contributed by atoms with E-state index in [1.165, 1.54) is 0 Å². The second kappa shape index (κ2) is 7.45. The van der Waals surface area contributed by atoms with Gasteiger partial charge in [0.15, 0.2) is 0 Å². The van der Waals surface area contributed by atoms with E-state index >= 15 is 0 Å². The molecule has 1 unspecified atom stereocenters. The van der Waals surface area contributed by atoms with E-state index in [2.05, 4.69) is 5.32 Å². The minimum absolute atomic E-state index is 0.255. The Balaban J connectivity index is 1.95. The molecule has 2 amide bonds. The quantitative estimate of drug-likeness (QED) is 0.775. The Morgan fingerprint density at radius 3 is 2.81 bits per heavy atom. The summed E-state index contributed by atoms with van der Waals surface area (Å²) in [4.78, 5) is 26.5. The lowest BCUT2D eigenvalue weighted by Crippen LogP contribution is -2.48. The standard InChI is InChI=1S/C15H22N2O3S/c1-2-3-6-13(14(18)19)16-15(20)17(11-7-8-11)10-12-5-4-9-21-12/h4-5,9,11,13H,2-3,6-8,10H2,1H3,(H,16,20)(H,18,19). The number of nitrogens with one attached hydrogen (secondary N) is 1. The summed E-state index contributed by atoms with van der Waals surface area (Å²) in [5.41, 5.74) is 0. The normalized spacial score (nSPS) is 15.5. The summed E-state index contributed by atoms with van der Waals surface area (Å²) in [5.74, 6) is -0.955. The van der Waals surface area contributed by atoms with Gasteiger partial charge in [-0.05, 0) is 30.7 Å². The first-order valence-electron chi connectivity index (χ1n) is 7.44. The number of rotatable bonds is 8. The Kier molecular flexibility index (Phi) is 5.61. The van der Waals surface area contributed by atoms with Crippen molar-refractivity contribution < 1.29 is 14.7 Å². The molecule has 116 valence electrons. The number of carbonyl (C=O) groups excluding carboxylic acids is 1. The highest BCUT2D eigenvalue weighted by molar-refractivity contribution is 7.09. The molecule has 0 spiro atoms. The molecule has 2 N–H and O–H groups in total. The maximum atomic E-state index is 12.4. The van der Waals surface area contributed by atoms with E-state index in [0.717, 1.165) is 30.6 Å². The molecule has 1 aromatic heterocycles. The zero-order valence-corrected chi connectivity index (χ0v) is 13.1. The number of aliphatic carboxylic acids is 1. The third kappa shape index (κ3) is 4.74. The molecule has 1 aromatic rings. The van der Waals surface area contributed by atoms with Gasteiger partial charge in [-0.1, -0.05) is 25.8 Å². The maximum Gasteiger partial charge on any atom is 0.326 e. The van der Waals surface area contributed by atoms with Crippen molar-refractivity contribution in [1.82, 2.24) is 10.2 Å². The second-order valence-electron chi connectivity index (χ2n) is 5.42. The zero-order valence-electron chi connectivity index (χ0n) is 12.2. The lowest BCUT2D eigenvalue weighted by Gasteiger charge is -2.24. The van der Waals surface area contributed by atoms with Crippen LogP contribution in [0.1, 0.15) is 43.9 Å². The average molecular weight is 310 g/mol. The summed E-state index contributed by atoms with van der Waals surface area (Å²) in [5, 5.41) is 13.9. The van der Waals surface area contributed by atoms with Crippen molar-refractivity contribution in [2.75, 3.05) is 0 Å². The van der Waals surface area contributed by atoms with Crippen molar-refractivity contribution in [3.63, 3.8) is 0 Å². The lowest BCUT2D eigenvalue weighted by molar-refractivity contribution is -0.139. The molecule has 2 rings (SSSR count).